The highest BCUT2D eigenvalue weighted by Crippen LogP contribution is 2.25. The van der Waals surface area contributed by atoms with Crippen molar-refractivity contribution in [2.75, 3.05) is 15.4 Å². The van der Waals surface area contributed by atoms with Crippen molar-refractivity contribution in [3.05, 3.63) is 78.0 Å². The molecule has 3 N–H and O–H groups in total. The van der Waals surface area contributed by atoms with Crippen LogP contribution in [0, 0.1) is 11.6 Å². The van der Waals surface area contributed by atoms with E-state index in [-0.39, 0.29) is 22.3 Å². The molecule has 0 saturated carbocycles. The minimum atomic E-state index is -4.15. The zero-order valence-electron chi connectivity index (χ0n) is 16.0. The van der Waals surface area contributed by atoms with Crippen molar-refractivity contribution in [3.63, 3.8) is 0 Å². The maximum Gasteiger partial charge on any atom is 0.261 e. The summed E-state index contributed by atoms with van der Waals surface area (Å²) in [4.78, 5) is 27.2. The normalized spacial score (nSPS) is 10.9. The first-order valence-electron chi connectivity index (χ1n) is 8.78. The molecular weight excluding hydrogens is 430 g/mol. The van der Waals surface area contributed by atoms with Gasteiger partial charge in [0.25, 0.3) is 15.9 Å². The van der Waals surface area contributed by atoms with Gasteiger partial charge < -0.3 is 10.6 Å². The number of nitrogens with zero attached hydrogens (tertiary/aromatic N) is 1. The van der Waals surface area contributed by atoms with Crippen LogP contribution in [0.3, 0.4) is 0 Å². The summed E-state index contributed by atoms with van der Waals surface area (Å²) < 4.78 is 55.9. The molecule has 3 aromatic rings. The highest BCUT2D eigenvalue weighted by Gasteiger charge is 2.24. The lowest BCUT2D eigenvalue weighted by atomic mass is 10.1. The van der Waals surface area contributed by atoms with Gasteiger partial charge in [0.1, 0.15) is 17.2 Å². The monoisotopic (exact) mass is 446 g/mol. The minimum absolute atomic E-state index is 0.105. The van der Waals surface area contributed by atoms with Crippen molar-refractivity contribution in [2.24, 2.45) is 0 Å². The Morgan fingerprint density at radius 1 is 0.935 bits per heavy atom. The number of anilines is 3. The molecule has 0 fully saturated rings. The number of aromatic nitrogens is 1. The van der Waals surface area contributed by atoms with Crippen LogP contribution in [0.15, 0.2) is 65.7 Å². The van der Waals surface area contributed by atoms with Gasteiger partial charge in [-0.3, -0.25) is 14.3 Å². The summed E-state index contributed by atoms with van der Waals surface area (Å²) >= 11 is 0. The number of hydrogen-bond acceptors (Lipinski definition) is 5. The van der Waals surface area contributed by atoms with Crippen LogP contribution in [0.1, 0.15) is 17.3 Å². The van der Waals surface area contributed by atoms with E-state index >= 15 is 0 Å². The molecule has 1 heterocycles. The average molecular weight is 446 g/mol. The van der Waals surface area contributed by atoms with E-state index in [0.29, 0.717) is 0 Å². The van der Waals surface area contributed by atoms with Crippen molar-refractivity contribution >= 4 is 39.0 Å². The maximum absolute atomic E-state index is 14.8. The van der Waals surface area contributed by atoms with Crippen LogP contribution in [0.4, 0.5) is 26.0 Å². The number of pyridine rings is 1. The van der Waals surface area contributed by atoms with E-state index in [1.165, 1.54) is 49.5 Å². The fourth-order valence-corrected chi connectivity index (χ4v) is 3.64. The Kier molecular flexibility index (Phi) is 6.25. The van der Waals surface area contributed by atoms with Crippen molar-refractivity contribution < 1.29 is 26.8 Å². The molecule has 11 heteroatoms. The molecule has 1 aromatic heterocycles. The van der Waals surface area contributed by atoms with E-state index in [9.17, 15) is 26.8 Å². The standard InChI is InChI=1S/C20H16F2N4O4S/c1-12(27)24-17-10-7-13(11-23-17)25-20(28)18-15(21)8-9-16(19(18)22)26-31(29,30)14-5-3-2-4-6-14/h2-11,26H,1H3,(H,25,28)(H,23,24,27). The van der Waals surface area contributed by atoms with Crippen LogP contribution in [0.5, 0.6) is 0 Å². The van der Waals surface area contributed by atoms with Gasteiger partial charge >= 0.3 is 0 Å². The molecule has 2 aromatic carbocycles. The third kappa shape index (κ3) is 5.20. The molecule has 0 spiro atoms. The number of carbonyl (C=O) groups excluding carboxylic acids is 2. The molecule has 3 rings (SSSR count). The Labute approximate surface area is 176 Å². The Morgan fingerprint density at radius 2 is 1.65 bits per heavy atom. The third-order valence-corrected chi connectivity index (χ3v) is 5.32. The van der Waals surface area contributed by atoms with Crippen LogP contribution >= 0.6 is 0 Å². The van der Waals surface area contributed by atoms with Crippen LogP contribution < -0.4 is 15.4 Å². The fourth-order valence-electron chi connectivity index (χ4n) is 2.56. The lowest BCUT2D eigenvalue weighted by molar-refractivity contribution is -0.114. The first-order valence-corrected chi connectivity index (χ1v) is 10.3. The van der Waals surface area contributed by atoms with Gasteiger partial charge in [0.15, 0.2) is 5.82 Å². The topological polar surface area (TPSA) is 117 Å². The largest absolute Gasteiger partial charge is 0.320 e. The summed E-state index contributed by atoms with van der Waals surface area (Å²) in [6.45, 7) is 1.29. The van der Waals surface area contributed by atoms with Gasteiger partial charge in [0, 0.05) is 6.92 Å². The summed E-state index contributed by atoms with van der Waals surface area (Å²) in [5.41, 5.74) is -1.46. The van der Waals surface area contributed by atoms with Gasteiger partial charge in [-0.05, 0) is 36.4 Å². The van der Waals surface area contributed by atoms with Gasteiger partial charge in [-0.1, -0.05) is 18.2 Å². The average Bonchev–Trinajstić information content (AvgIpc) is 2.72. The number of sulfonamides is 1. The van der Waals surface area contributed by atoms with Gasteiger partial charge in [-0.15, -0.1) is 0 Å². The van der Waals surface area contributed by atoms with E-state index < -0.39 is 38.8 Å². The van der Waals surface area contributed by atoms with E-state index in [1.54, 1.807) is 6.07 Å². The number of rotatable bonds is 6. The van der Waals surface area contributed by atoms with Crippen LogP contribution in [0.25, 0.3) is 0 Å². The first kappa shape index (κ1) is 21.8. The van der Waals surface area contributed by atoms with E-state index in [4.69, 9.17) is 0 Å². The Hall–Kier alpha value is -3.86. The third-order valence-electron chi connectivity index (χ3n) is 3.94. The lowest BCUT2D eigenvalue weighted by Crippen LogP contribution is -2.19. The Morgan fingerprint density at radius 3 is 2.26 bits per heavy atom. The number of halogens is 2. The van der Waals surface area contributed by atoms with E-state index in [2.05, 4.69) is 15.6 Å². The molecule has 0 unspecified atom stereocenters. The van der Waals surface area contributed by atoms with Crippen LogP contribution in [-0.2, 0) is 14.8 Å². The fraction of sp³-hybridized carbons (Fsp3) is 0.0500. The minimum Gasteiger partial charge on any atom is -0.320 e. The molecule has 0 aliphatic carbocycles. The highest BCUT2D eigenvalue weighted by molar-refractivity contribution is 7.92. The van der Waals surface area contributed by atoms with Crippen molar-refractivity contribution in [1.82, 2.24) is 4.98 Å². The van der Waals surface area contributed by atoms with Crippen molar-refractivity contribution in [2.45, 2.75) is 11.8 Å². The van der Waals surface area contributed by atoms with Crippen LogP contribution in [-0.4, -0.2) is 25.2 Å². The van der Waals surface area contributed by atoms with Crippen molar-refractivity contribution in [3.8, 4) is 0 Å². The predicted octanol–water partition coefficient (Wildman–Crippen LogP) is 3.37. The molecule has 0 saturated heterocycles. The summed E-state index contributed by atoms with van der Waals surface area (Å²) in [5, 5.41) is 4.70. The molecule has 2 amide bonds. The number of hydrogen-bond donors (Lipinski definition) is 3. The molecule has 0 aliphatic heterocycles. The lowest BCUT2D eigenvalue weighted by Gasteiger charge is -2.12. The molecule has 31 heavy (non-hydrogen) atoms. The van der Waals surface area contributed by atoms with E-state index in [0.717, 1.165) is 12.1 Å². The molecule has 160 valence electrons. The molecule has 0 atom stereocenters. The second-order valence-corrected chi connectivity index (χ2v) is 7.95. The van der Waals surface area contributed by atoms with E-state index in [1.807, 2.05) is 4.72 Å². The first-order chi connectivity index (χ1) is 14.7. The zero-order valence-corrected chi connectivity index (χ0v) is 16.8. The molecule has 0 bridgehead atoms. The second kappa shape index (κ2) is 8.88. The summed E-state index contributed by atoms with van der Waals surface area (Å²) in [5.74, 6) is -3.83. The zero-order chi connectivity index (χ0) is 22.6. The Balaban J connectivity index is 1.85. The van der Waals surface area contributed by atoms with Crippen LogP contribution in [0.2, 0.25) is 0 Å². The SMILES string of the molecule is CC(=O)Nc1ccc(NC(=O)c2c(F)ccc(NS(=O)(=O)c3ccccc3)c2F)cn1. The highest BCUT2D eigenvalue weighted by atomic mass is 32.2. The number of carbonyl (C=O) groups is 2. The number of benzene rings is 2. The van der Waals surface area contributed by atoms with Gasteiger partial charge in [-0.2, -0.15) is 0 Å². The molecular formula is C20H16F2N4O4S. The number of nitrogens with one attached hydrogen (secondary N) is 3. The van der Waals surface area contributed by atoms with Gasteiger partial charge in [0.2, 0.25) is 5.91 Å². The smallest absolute Gasteiger partial charge is 0.261 e. The predicted molar refractivity (Wildman–Crippen MR) is 110 cm³/mol. The number of amides is 2. The Bertz CT molecular complexity index is 1230. The maximum atomic E-state index is 14.8. The molecule has 0 aliphatic rings. The summed E-state index contributed by atoms with van der Waals surface area (Å²) in [6.07, 6.45) is 1.18. The summed E-state index contributed by atoms with van der Waals surface area (Å²) in [7, 11) is -4.15. The quantitative estimate of drug-likeness (QED) is 0.537. The summed E-state index contributed by atoms with van der Waals surface area (Å²) in [6, 6.07) is 11.6. The second-order valence-electron chi connectivity index (χ2n) is 6.27. The molecule has 8 nitrogen and oxygen atoms in total. The van der Waals surface area contributed by atoms with Crippen molar-refractivity contribution in [1.29, 1.82) is 0 Å². The van der Waals surface area contributed by atoms with Gasteiger partial charge in [0.05, 0.1) is 22.5 Å². The van der Waals surface area contributed by atoms with Gasteiger partial charge in [-0.25, -0.2) is 22.2 Å². The molecule has 0 radical (unpaired) electrons.